The van der Waals surface area contributed by atoms with Crippen molar-refractivity contribution in [2.75, 3.05) is 21.3 Å². The Morgan fingerprint density at radius 2 is 1.75 bits per heavy atom. The number of carboxylic acid groups (broad SMARTS) is 1. The third-order valence-corrected chi connectivity index (χ3v) is 2.41. The van der Waals surface area contributed by atoms with E-state index in [4.69, 9.17) is 19.3 Å². The fraction of sp³-hybridized carbons (Fsp3) is 0.727. The molecule has 0 spiro atoms. The number of carboxylic acids is 1. The summed E-state index contributed by atoms with van der Waals surface area (Å²) in [5, 5.41) is 8.64. The van der Waals surface area contributed by atoms with Crippen LogP contribution in [0.5, 0.6) is 0 Å². The predicted molar refractivity (Wildman–Crippen MR) is 59.0 cm³/mol. The van der Waals surface area contributed by atoms with Gasteiger partial charge >= 0.3 is 5.97 Å². The topological polar surface area (TPSA) is 65.0 Å². The minimum Gasteiger partial charge on any atom is -0.478 e. The van der Waals surface area contributed by atoms with Crippen molar-refractivity contribution in [3.63, 3.8) is 0 Å². The van der Waals surface area contributed by atoms with E-state index in [1.165, 1.54) is 21.3 Å². The Bertz CT molecular complexity index is 234. The second kappa shape index (κ2) is 7.38. The van der Waals surface area contributed by atoms with Crippen LogP contribution in [-0.4, -0.2) is 38.4 Å². The van der Waals surface area contributed by atoms with Crippen LogP contribution >= 0.6 is 0 Å². The summed E-state index contributed by atoms with van der Waals surface area (Å²) >= 11 is 0. The van der Waals surface area contributed by atoms with Crippen molar-refractivity contribution < 1.29 is 24.1 Å². The van der Waals surface area contributed by atoms with Gasteiger partial charge in [-0.25, -0.2) is 4.79 Å². The number of methoxy groups -OCH3 is 3. The average molecular weight is 232 g/mol. The number of hydrogen-bond donors (Lipinski definition) is 1. The molecule has 94 valence electrons. The van der Waals surface area contributed by atoms with E-state index in [2.05, 4.69) is 0 Å². The van der Waals surface area contributed by atoms with Crippen LogP contribution in [0.1, 0.15) is 26.2 Å². The molecule has 5 heteroatoms. The number of aliphatic carboxylic acids is 1. The van der Waals surface area contributed by atoms with E-state index in [1.807, 2.05) is 0 Å². The molecule has 0 unspecified atom stereocenters. The Morgan fingerprint density at radius 1 is 1.25 bits per heavy atom. The summed E-state index contributed by atoms with van der Waals surface area (Å²) in [5.41, 5.74) is 0.345. The van der Waals surface area contributed by atoms with E-state index in [1.54, 1.807) is 13.0 Å². The van der Waals surface area contributed by atoms with Crippen LogP contribution in [0.3, 0.4) is 0 Å². The fourth-order valence-corrected chi connectivity index (χ4v) is 1.28. The average Bonchev–Trinajstić information content (AvgIpc) is 2.30. The Kier molecular flexibility index (Phi) is 6.96. The molecule has 0 aliphatic carbocycles. The Labute approximate surface area is 96.0 Å². The lowest BCUT2D eigenvalue weighted by Gasteiger charge is -2.28. The maximum absolute atomic E-state index is 10.5. The monoisotopic (exact) mass is 232 g/mol. The molecule has 0 aliphatic heterocycles. The van der Waals surface area contributed by atoms with Gasteiger partial charge in [-0.15, -0.1) is 0 Å². The lowest BCUT2D eigenvalue weighted by Crippen LogP contribution is -2.35. The molecule has 0 aromatic carbocycles. The molecule has 0 radical (unpaired) electrons. The van der Waals surface area contributed by atoms with Crippen molar-refractivity contribution in [3.8, 4) is 0 Å². The minimum atomic E-state index is -1.02. The van der Waals surface area contributed by atoms with Crippen molar-refractivity contribution >= 4 is 5.97 Å². The lowest BCUT2D eigenvalue weighted by atomic mass is 10.1. The van der Waals surface area contributed by atoms with Crippen molar-refractivity contribution in [1.82, 2.24) is 0 Å². The van der Waals surface area contributed by atoms with Gasteiger partial charge in [0.15, 0.2) is 0 Å². The quantitative estimate of drug-likeness (QED) is 0.392. The van der Waals surface area contributed by atoms with Crippen LogP contribution in [0.25, 0.3) is 0 Å². The normalized spacial score (nSPS) is 12.9. The summed E-state index contributed by atoms with van der Waals surface area (Å²) in [6.07, 6.45) is 3.59. The Morgan fingerprint density at radius 3 is 2.12 bits per heavy atom. The zero-order chi connectivity index (χ0) is 12.6. The highest BCUT2D eigenvalue weighted by Crippen LogP contribution is 2.20. The van der Waals surface area contributed by atoms with Gasteiger partial charge in [0.2, 0.25) is 0 Å². The summed E-state index contributed by atoms with van der Waals surface area (Å²) in [6.45, 7) is 1.57. The molecule has 0 aliphatic rings. The molecule has 0 aromatic heterocycles. The maximum Gasteiger partial charge on any atom is 0.330 e. The zero-order valence-electron chi connectivity index (χ0n) is 10.3. The molecule has 0 fully saturated rings. The lowest BCUT2D eigenvalue weighted by molar-refractivity contribution is -0.355. The second-order valence-corrected chi connectivity index (χ2v) is 3.38. The first kappa shape index (κ1) is 15.1. The molecule has 1 N–H and O–H groups in total. The summed E-state index contributed by atoms with van der Waals surface area (Å²) in [7, 11) is 4.52. The first-order valence-electron chi connectivity index (χ1n) is 5.07. The van der Waals surface area contributed by atoms with E-state index in [0.717, 1.165) is 6.42 Å². The molecular formula is C11H20O5. The fourth-order valence-electron chi connectivity index (χ4n) is 1.28. The van der Waals surface area contributed by atoms with Crippen LogP contribution in [0, 0.1) is 0 Å². The predicted octanol–water partition coefficient (Wildman–Crippen LogP) is 1.78. The highest BCUT2D eigenvalue weighted by molar-refractivity contribution is 5.85. The van der Waals surface area contributed by atoms with Gasteiger partial charge in [0.1, 0.15) is 0 Å². The summed E-state index contributed by atoms with van der Waals surface area (Å²) < 4.78 is 15.3. The van der Waals surface area contributed by atoms with Crippen molar-refractivity contribution in [2.24, 2.45) is 0 Å². The standard InChI is InChI=1S/C11H20O5/c1-9(10(12)13)7-5-6-8-11(14-2,15-3)16-4/h7H,5-6,8H2,1-4H3,(H,12,13). The van der Waals surface area contributed by atoms with E-state index >= 15 is 0 Å². The molecule has 0 aromatic rings. The number of hydrogen-bond acceptors (Lipinski definition) is 4. The number of carbonyl (C=O) groups is 1. The number of allylic oxidation sites excluding steroid dienone is 1. The third-order valence-electron chi connectivity index (χ3n) is 2.41. The molecule has 0 bridgehead atoms. The van der Waals surface area contributed by atoms with Gasteiger partial charge in [-0.3, -0.25) is 0 Å². The summed E-state index contributed by atoms with van der Waals surface area (Å²) in [6, 6.07) is 0. The van der Waals surface area contributed by atoms with Crippen LogP contribution < -0.4 is 0 Å². The molecule has 0 amide bonds. The van der Waals surface area contributed by atoms with Crippen molar-refractivity contribution in [3.05, 3.63) is 11.6 Å². The first-order valence-corrected chi connectivity index (χ1v) is 5.07. The Balaban J connectivity index is 4.06. The van der Waals surface area contributed by atoms with Gasteiger partial charge in [-0.05, 0) is 19.8 Å². The smallest absolute Gasteiger partial charge is 0.330 e. The van der Waals surface area contributed by atoms with E-state index < -0.39 is 11.9 Å². The number of ether oxygens (including phenoxy) is 3. The molecule has 0 rings (SSSR count). The second-order valence-electron chi connectivity index (χ2n) is 3.38. The van der Waals surface area contributed by atoms with Gasteiger partial charge in [0.05, 0.1) is 0 Å². The summed E-state index contributed by atoms with van der Waals surface area (Å²) in [5.74, 6) is -1.91. The molecule has 0 atom stereocenters. The SMILES string of the molecule is COC(CCCC=C(C)C(=O)O)(OC)OC. The summed E-state index contributed by atoms with van der Waals surface area (Å²) in [4.78, 5) is 10.5. The van der Waals surface area contributed by atoms with Gasteiger partial charge < -0.3 is 19.3 Å². The number of unbranched alkanes of at least 4 members (excludes halogenated alkanes) is 1. The maximum atomic E-state index is 10.5. The van der Waals surface area contributed by atoms with Gasteiger partial charge in [0.25, 0.3) is 5.97 Å². The first-order chi connectivity index (χ1) is 7.51. The molecule has 0 heterocycles. The molecular weight excluding hydrogens is 212 g/mol. The van der Waals surface area contributed by atoms with Crippen molar-refractivity contribution in [1.29, 1.82) is 0 Å². The molecule has 0 saturated carbocycles. The van der Waals surface area contributed by atoms with Crippen LogP contribution in [0.2, 0.25) is 0 Å². The zero-order valence-corrected chi connectivity index (χ0v) is 10.3. The van der Waals surface area contributed by atoms with E-state index in [9.17, 15) is 4.79 Å². The van der Waals surface area contributed by atoms with Crippen molar-refractivity contribution in [2.45, 2.75) is 32.2 Å². The Hall–Kier alpha value is -0.910. The third kappa shape index (κ3) is 4.74. The molecule has 5 nitrogen and oxygen atoms in total. The highest BCUT2D eigenvalue weighted by Gasteiger charge is 2.28. The highest BCUT2D eigenvalue weighted by atomic mass is 16.9. The van der Waals surface area contributed by atoms with Gasteiger partial charge in [-0.1, -0.05) is 6.08 Å². The molecule has 16 heavy (non-hydrogen) atoms. The van der Waals surface area contributed by atoms with E-state index in [0.29, 0.717) is 18.4 Å². The van der Waals surface area contributed by atoms with Crippen LogP contribution in [-0.2, 0) is 19.0 Å². The van der Waals surface area contributed by atoms with Gasteiger partial charge in [-0.2, -0.15) is 0 Å². The van der Waals surface area contributed by atoms with Crippen LogP contribution in [0.4, 0.5) is 0 Å². The minimum absolute atomic E-state index is 0.345. The van der Waals surface area contributed by atoms with Crippen LogP contribution in [0.15, 0.2) is 11.6 Å². The largest absolute Gasteiger partial charge is 0.478 e. The van der Waals surface area contributed by atoms with Gasteiger partial charge in [0, 0.05) is 33.3 Å². The molecule has 0 saturated heterocycles. The van der Waals surface area contributed by atoms with E-state index in [-0.39, 0.29) is 0 Å². The number of rotatable bonds is 8.